The van der Waals surface area contributed by atoms with Gasteiger partial charge < -0.3 is 5.32 Å². The number of aromatic nitrogens is 1. The van der Waals surface area contributed by atoms with Crippen LogP contribution in [0.4, 0.5) is 0 Å². The average molecular weight is 291 g/mol. The van der Waals surface area contributed by atoms with Gasteiger partial charge in [-0.2, -0.15) is 5.26 Å². The molecule has 22 heavy (non-hydrogen) atoms. The Bertz CT molecular complexity index is 729. The van der Waals surface area contributed by atoms with E-state index in [4.69, 9.17) is 0 Å². The van der Waals surface area contributed by atoms with Crippen LogP contribution in [-0.2, 0) is 4.79 Å². The third-order valence-corrected chi connectivity index (χ3v) is 3.21. The van der Waals surface area contributed by atoms with Gasteiger partial charge in [0.05, 0.1) is 11.7 Å². The lowest BCUT2D eigenvalue weighted by Gasteiger charge is -2.13. The highest BCUT2D eigenvalue weighted by Crippen LogP contribution is 2.13. The number of rotatable bonds is 4. The van der Waals surface area contributed by atoms with Gasteiger partial charge in [-0.05, 0) is 37.6 Å². The maximum atomic E-state index is 12.2. The van der Waals surface area contributed by atoms with Gasteiger partial charge in [-0.15, -0.1) is 0 Å². The van der Waals surface area contributed by atoms with E-state index < -0.39 is 5.91 Å². The van der Waals surface area contributed by atoms with Gasteiger partial charge in [0.2, 0.25) is 0 Å². The van der Waals surface area contributed by atoms with Crippen LogP contribution in [0.5, 0.6) is 0 Å². The first-order chi connectivity index (χ1) is 10.6. The predicted octanol–water partition coefficient (Wildman–Crippen LogP) is 3.17. The van der Waals surface area contributed by atoms with Crippen molar-refractivity contribution in [2.24, 2.45) is 0 Å². The lowest BCUT2D eigenvalue weighted by atomic mass is 10.1. The summed E-state index contributed by atoms with van der Waals surface area (Å²) in [4.78, 5) is 16.5. The molecule has 0 bridgehead atoms. The molecule has 0 spiro atoms. The van der Waals surface area contributed by atoms with Crippen molar-refractivity contribution in [3.8, 4) is 6.07 Å². The molecule has 0 fully saturated rings. The Morgan fingerprint density at radius 2 is 1.95 bits per heavy atom. The number of hydrogen-bond donors (Lipinski definition) is 1. The van der Waals surface area contributed by atoms with Crippen molar-refractivity contribution in [2.75, 3.05) is 0 Å². The number of nitrogens with one attached hydrogen (secondary N) is 1. The van der Waals surface area contributed by atoms with Crippen LogP contribution in [0.3, 0.4) is 0 Å². The molecule has 110 valence electrons. The van der Waals surface area contributed by atoms with Gasteiger partial charge in [-0.25, -0.2) is 0 Å². The van der Waals surface area contributed by atoms with Crippen molar-refractivity contribution in [1.29, 1.82) is 5.26 Å². The summed E-state index contributed by atoms with van der Waals surface area (Å²) >= 11 is 0. The predicted molar refractivity (Wildman–Crippen MR) is 85.6 cm³/mol. The summed E-state index contributed by atoms with van der Waals surface area (Å²) in [6, 6.07) is 16.8. The fourth-order valence-corrected chi connectivity index (χ4v) is 2.04. The number of carbonyl (C=O) groups excluding carboxylic acids is 1. The molecule has 1 heterocycles. The fourth-order valence-electron chi connectivity index (χ4n) is 2.04. The lowest BCUT2D eigenvalue weighted by molar-refractivity contribution is -0.117. The fraction of sp³-hybridized carbons (Fsp3) is 0.167. The van der Waals surface area contributed by atoms with Gasteiger partial charge in [0, 0.05) is 5.69 Å². The van der Waals surface area contributed by atoms with Crippen molar-refractivity contribution in [2.45, 2.75) is 19.9 Å². The molecule has 0 saturated carbocycles. The standard InChI is InChI=1S/C18H17N3O/c1-13-7-6-10-17(20-13)11-16(12-19)18(22)21-14(2)15-8-4-3-5-9-15/h3-11,14H,1-2H3,(H,21,22)/b16-11+. The zero-order valence-corrected chi connectivity index (χ0v) is 12.6. The summed E-state index contributed by atoms with van der Waals surface area (Å²) in [5.74, 6) is -0.401. The Balaban J connectivity index is 2.14. The highest BCUT2D eigenvalue weighted by molar-refractivity contribution is 6.01. The highest BCUT2D eigenvalue weighted by Gasteiger charge is 2.13. The second-order valence-electron chi connectivity index (χ2n) is 4.98. The Labute approximate surface area is 130 Å². The number of aryl methyl sites for hydroxylation is 1. The minimum absolute atomic E-state index is 0.0425. The molecule has 1 aromatic heterocycles. The van der Waals surface area contributed by atoms with Crippen LogP contribution in [0.1, 0.15) is 29.9 Å². The van der Waals surface area contributed by atoms with E-state index in [0.29, 0.717) is 5.69 Å². The van der Waals surface area contributed by atoms with Crippen LogP contribution in [0.2, 0.25) is 0 Å². The van der Waals surface area contributed by atoms with Crippen LogP contribution in [0, 0.1) is 18.3 Å². The van der Waals surface area contributed by atoms with E-state index in [1.165, 1.54) is 6.08 Å². The second kappa shape index (κ2) is 7.19. The highest BCUT2D eigenvalue weighted by atomic mass is 16.1. The Morgan fingerprint density at radius 3 is 2.59 bits per heavy atom. The quantitative estimate of drug-likeness (QED) is 0.695. The van der Waals surface area contributed by atoms with E-state index in [1.807, 2.05) is 62.4 Å². The minimum Gasteiger partial charge on any atom is -0.345 e. The van der Waals surface area contributed by atoms with Gasteiger partial charge in [0.25, 0.3) is 5.91 Å². The number of hydrogen-bond acceptors (Lipinski definition) is 3. The van der Waals surface area contributed by atoms with Gasteiger partial charge in [0.15, 0.2) is 0 Å². The lowest BCUT2D eigenvalue weighted by Crippen LogP contribution is -2.27. The van der Waals surface area contributed by atoms with Crippen molar-refractivity contribution in [1.82, 2.24) is 10.3 Å². The molecule has 1 aromatic carbocycles. The van der Waals surface area contributed by atoms with E-state index in [9.17, 15) is 10.1 Å². The average Bonchev–Trinajstić information content (AvgIpc) is 2.53. The van der Waals surface area contributed by atoms with Crippen molar-refractivity contribution in [3.05, 3.63) is 71.1 Å². The summed E-state index contributed by atoms with van der Waals surface area (Å²) in [5, 5.41) is 12.0. The van der Waals surface area contributed by atoms with Gasteiger partial charge >= 0.3 is 0 Å². The van der Waals surface area contributed by atoms with Gasteiger partial charge in [-0.1, -0.05) is 36.4 Å². The molecule has 0 aliphatic carbocycles. The monoisotopic (exact) mass is 291 g/mol. The first-order valence-electron chi connectivity index (χ1n) is 7.01. The van der Waals surface area contributed by atoms with Crippen LogP contribution in [0.15, 0.2) is 54.1 Å². The summed E-state index contributed by atoms with van der Waals surface area (Å²) in [6.07, 6.45) is 1.50. The molecular formula is C18H17N3O. The third-order valence-electron chi connectivity index (χ3n) is 3.21. The first kappa shape index (κ1) is 15.5. The third kappa shape index (κ3) is 4.03. The Morgan fingerprint density at radius 1 is 1.23 bits per heavy atom. The molecule has 1 unspecified atom stereocenters. The molecule has 0 aliphatic rings. The van der Waals surface area contributed by atoms with Crippen molar-refractivity contribution >= 4 is 12.0 Å². The van der Waals surface area contributed by atoms with E-state index >= 15 is 0 Å². The molecular weight excluding hydrogens is 274 g/mol. The number of nitriles is 1. The summed E-state index contributed by atoms with van der Waals surface area (Å²) in [7, 11) is 0. The zero-order valence-electron chi connectivity index (χ0n) is 12.6. The molecule has 2 rings (SSSR count). The molecule has 1 amide bonds. The van der Waals surface area contributed by atoms with Crippen molar-refractivity contribution < 1.29 is 4.79 Å². The zero-order chi connectivity index (χ0) is 15.9. The maximum Gasteiger partial charge on any atom is 0.262 e. The SMILES string of the molecule is Cc1cccc(/C=C(\C#N)C(=O)NC(C)c2ccccc2)n1. The number of nitrogens with zero attached hydrogens (tertiary/aromatic N) is 2. The van der Waals surface area contributed by atoms with Crippen LogP contribution in [-0.4, -0.2) is 10.9 Å². The molecule has 1 atom stereocenters. The molecule has 2 aromatic rings. The largest absolute Gasteiger partial charge is 0.345 e. The van der Waals surface area contributed by atoms with E-state index in [-0.39, 0.29) is 11.6 Å². The van der Waals surface area contributed by atoms with Crippen LogP contribution in [0.25, 0.3) is 6.08 Å². The van der Waals surface area contributed by atoms with Gasteiger partial charge in [0.1, 0.15) is 11.6 Å². The molecule has 1 N–H and O–H groups in total. The minimum atomic E-state index is -0.401. The van der Waals surface area contributed by atoms with E-state index in [0.717, 1.165) is 11.3 Å². The molecule has 0 aliphatic heterocycles. The van der Waals surface area contributed by atoms with Gasteiger partial charge in [-0.3, -0.25) is 9.78 Å². The molecule has 0 saturated heterocycles. The van der Waals surface area contributed by atoms with Crippen LogP contribution < -0.4 is 5.32 Å². The summed E-state index contributed by atoms with van der Waals surface area (Å²) < 4.78 is 0. The van der Waals surface area contributed by atoms with E-state index in [1.54, 1.807) is 6.07 Å². The normalized spacial score (nSPS) is 12.3. The summed E-state index contributed by atoms with van der Waals surface area (Å²) in [6.45, 7) is 3.74. The molecule has 4 nitrogen and oxygen atoms in total. The molecule has 4 heteroatoms. The summed E-state index contributed by atoms with van der Waals surface area (Å²) in [5.41, 5.74) is 2.46. The number of pyridine rings is 1. The van der Waals surface area contributed by atoms with Crippen molar-refractivity contribution in [3.63, 3.8) is 0 Å². The topological polar surface area (TPSA) is 65.8 Å². The smallest absolute Gasteiger partial charge is 0.262 e. The molecule has 0 radical (unpaired) electrons. The Hall–Kier alpha value is -2.93. The number of carbonyl (C=O) groups is 1. The Kier molecular flexibility index (Phi) is 5.05. The van der Waals surface area contributed by atoms with Crippen LogP contribution >= 0.6 is 0 Å². The number of benzene rings is 1. The van der Waals surface area contributed by atoms with E-state index in [2.05, 4.69) is 10.3 Å². The second-order valence-corrected chi connectivity index (χ2v) is 4.98. The first-order valence-corrected chi connectivity index (χ1v) is 7.01. The number of amides is 1. The maximum absolute atomic E-state index is 12.2.